The molecule has 0 amide bonds. The highest BCUT2D eigenvalue weighted by atomic mass is 16.5. The predicted octanol–water partition coefficient (Wildman–Crippen LogP) is 3.18. The van der Waals surface area contributed by atoms with Crippen molar-refractivity contribution < 1.29 is 24.2 Å². The van der Waals surface area contributed by atoms with Crippen molar-refractivity contribution in [3.63, 3.8) is 0 Å². The fourth-order valence-electron chi connectivity index (χ4n) is 3.07. The van der Waals surface area contributed by atoms with Gasteiger partial charge in [-0.3, -0.25) is 9.69 Å². The van der Waals surface area contributed by atoms with Crippen molar-refractivity contribution in [3.8, 4) is 0 Å². The molecule has 0 saturated heterocycles. The van der Waals surface area contributed by atoms with E-state index in [0.29, 0.717) is 37.9 Å². The van der Waals surface area contributed by atoms with Gasteiger partial charge in [-0.1, -0.05) is 42.5 Å². The van der Waals surface area contributed by atoms with Gasteiger partial charge in [-0.25, -0.2) is 4.79 Å². The zero-order valence-corrected chi connectivity index (χ0v) is 17.0. The molecule has 6 nitrogen and oxygen atoms in total. The largest absolute Gasteiger partial charge is 0.469 e. The lowest BCUT2D eigenvalue weighted by molar-refractivity contribution is -0.140. The standard InChI is InChI=1S/C23H29NO5/c1-28-22(26)10-6-7-15-24(21(25)16-18-8-4-3-5-9-18)17-19-11-13-20(14-12-19)23(27)29-2/h3-5,8-9,11-14,21,25H,6-7,10,15-17H2,1-2H3. The molecule has 1 N–H and O–H groups in total. The van der Waals surface area contributed by atoms with E-state index in [2.05, 4.69) is 4.74 Å². The minimum absolute atomic E-state index is 0.222. The predicted molar refractivity (Wildman–Crippen MR) is 110 cm³/mol. The average Bonchev–Trinajstić information content (AvgIpc) is 2.76. The molecule has 0 heterocycles. The third-order valence-electron chi connectivity index (χ3n) is 4.75. The average molecular weight is 399 g/mol. The van der Waals surface area contributed by atoms with Crippen LogP contribution in [0.4, 0.5) is 0 Å². The Balaban J connectivity index is 2.02. The molecule has 156 valence electrons. The number of benzene rings is 2. The molecule has 2 aromatic rings. The van der Waals surface area contributed by atoms with Crippen LogP contribution in [0.2, 0.25) is 0 Å². The van der Waals surface area contributed by atoms with E-state index in [4.69, 9.17) is 4.74 Å². The number of nitrogens with zero attached hydrogens (tertiary/aromatic N) is 1. The zero-order chi connectivity index (χ0) is 21.1. The van der Waals surface area contributed by atoms with E-state index in [-0.39, 0.29) is 11.9 Å². The summed E-state index contributed by atoms with van der Waals surface area (Å²) in [4.78, 5) is 24.9. The number of hydrogen-bond acceptors (Lipinski definition) is 6. The van der Waals surface area contributed by atoms with Crippen molar-refractivity contribution in [2.75, 3.05) is 20.8 Å². The number of ether oxygens (including phenoxy) is 2. The van der Waals surface area contributed by atoms with Crippen molar-refractivity contribution in [3.05, 3.63) is 71.3 Å². The Kier molecular flexibility index (Phi) is 9.34. The zero-order valence-electron chi connectivity index (χ0n) is 17.0. The Morgan fingerprint density at radius 1 is 0.931 bits per heavy atom. The summed E-state index contributed by atoms with van der Waals surface area (Å²) in [6.45, 7) is 1.18. The molecular weight excluding hydrogens is 370 g/mol. The third-order valence-corrected chi connectivity index (χ3v) is 4.75. The van der Waals surface area contributed by atoms with Crippen LogP contribution in [0.3, 0.4) is 0 Å². The van der Waals surface area contributed by atoms with Crippen LogP contribution in [0.5, 0.6) is 0 Å². The first-order valence-electron chi connectivity index (χ1n) is 9.73. The lowest BCUT2D eigenvalue weighted by Crippen LogP contribution is -2.37. The minimum atomic E-state index is -0.657. The molecule has 6 heteroatoms. The van der Waals surface area contributed by atoms with Crippen LogP contribution < -0.4 is 0 Å². The van der Waals surface area contributed by atoms with E-state index in [0.717, 1.165) is 17.5 Å². The molecule has 0 spiro atoms. The van der Waals surface area contributed by atoms with Gasteiger partial charge in [0, 0.05) is 25.9 Å². The van der Waals surface area contributed by atoms with E-state index in [1.807, 2.05) is 47.4 Å². The molecule has 0 aromatic heterocycles. The van der Waals surface area contributed by atoms with Gasteiger partial charge in [0.1, 0.15) is 6.23 Å². The Hall–Kier alpha value is -2.70. The second-order valence-electron chi connectivity index (χ2n) is 6.86. The molecule has 0 radical (unpaired) electrons. The number of aliphatic hydroxyl groups is 1. The molecule has 0 aliphatic carbocycles. The van der Waals surface area contributed by atoms with Gasteiger partial charge in [0.2, 0.25) is 0 Å². The fourth-order valence-corrected chi connectivity index (χ4v) is 3.07. The highest BCUT2D eigenvalue weighted by molar-refractivity contribution is 5.89. The first-order chi connectivity index (χ1) is 14.0. The Labute approximate surface area is 172 Å². The van der Waals surface area contributed by atoms with Gasteiger partial charge < -0.3 is 14.6 Å². The number of methoxy groups -OCH3 is 2. The van der Waals surface area contributed by atoms with Crippen molar-refractivity contribution in [2.45, 2.75) is 38.5 Å². The molecule has 0 bridgehead atoms. The third kappa shape index (κ3) is 7.68. The van der Waals surface area contributed by atoms with E-state index in [9.17, 15) is 14.7 Å². The molecule has 1 unspecified atom stereocenters. The minimum Gasteiger partial charge on any atom is -0.469 e. The number of carbonyl (C=O) groups excluding carboxylic acids is 2. The van der Waals surface area contributed by atoms with Gasteiger partial charge in [-0.2, -0.15) is 0 Å². The summed E-state index contributed by atoms with van der Waals surface area (Å²) < 4.78 is 9.41. The first-order valence-corrected chi connectivity index (χ1v) is 9.73. The van der Waals surface area contributed by atoms with Crippen molar-refractivity contribution in [1.29, 1.82) is 0 Å². The SMILES string of the molecule is COC(=O)CCCCN(Cc1ccc(C(=O)OC)cc1)C(O)Cc1ccccc1. The second kappa shape index (κ2) is 12.0. The van der Waals surface area contributed by atoms with Crippen LogP contribution in [0, 0.1) is 0 Å². The molecule has 29 heavy (non-hydrogen) atoms. The van der Waals surface area contributed by atoms with Gasteiger partial charge in [-0.15, -0.1) is 0 Å². The Morgan fingerprint density at radius 2 is 1.62 bits per heavy atom. The van der Waals surface area contributed by atoms with Crippen LogP contribution in [-0.4, -0.2) is 48.9 Å². The maximum Gasteiger partial charge on any atom is 0.337 e. The summed E-state index contributed by atoms with van der Waals surface area (Å²) in [5.41, 5.74) is 2.53. The molecule has 1 atom stereocenters. The monoisotopic (exact) mass is 399 g/mol. The summed E-state index contributed by atoms with van der Waals surface area (Å²) >= 11 is 0. The van der Waals surface area contributed by atoms with E-state index >= 15 is 0 Å². The van der Waals surface area contributed by atoms with Crippen LogP contribution in [0.1, 0.15) is 40.7 Å². The van der Waals surface area contributed by atoms with Gasteiger partial charge in [-0.05, 0) is 36.1 Å². The van der Waals surface area contributed by atoms with Gasteiger partial charge in [0.05, 0.1) is 19.8 Å². The summed E-state index contributed by atoms with van der Waals surface area (Å²) in [7, 11) is 2.74. The first kappa shape index (κ1) is 22.6. The summed E-state index contributed by atoms with van der Waals surface area (Å²) in [5, 5.41) is 10.8. The number of rotatable bonds is 11. The highest BCUT2D eigenvalue weighted by Gasteiger charge is 2.17. The van der Waals surface area contributed by atoms with Crippen molar-refractivity contribution >= 4 is 11.9 Å². The molecule has 2 rings (SSSR count). The molecule has 2 aromatic carbocycles. The Morgan fingerprint density at radius 3 is 2.24 bits per heavy atom. The highest BCUT2D eigenvalue weighted by Crippen LogP contribution is 2.15. The van der Waals surface area contributed by atoms with E-state index < -0.39 is 6.23 Å². The topological polar surface area (TPSA) is 76.1 Å². The van der Waals surface area contributed by atoms with Crippen LogP contribution in [0.25, 0.3) is 0 Å². The van der Waals surface area contributed by atoms with Crippen molar-refractivity contribution in [1.82, 2.24) is 4.90 Å². The maximum atomic E-state index is 11.6. The fraction of sp³-hybridized carbons (Fsp3) is 0.391. The quantitative estimate of drug-likeness (QED) is 0.355. The van der Waals surface area contributed by atoms with E-state index in [1.54, 1.807) is 12.1 Å². The summed E-state index contributed by atoms with van der Waals surface area (Å²) in [5.74, 6) is -0.597. The number of carbonyl (C=O) groups is 2. The number of unbranched alkanes of at least 4 members (excludes halogenated alkanes) is 1. The number of esters is 2. The normalized spacial score (nSPS) is 11.9. The summed E-state index contributed by atoms with van der Waals surface area (Å²) in [6.07, 6.45) is 1.69. The number of hydrogen-bond donors (Lipinski definition) is 1. The molecule has 0 aliphatic heterocycles. The van der Waals surface area contributed by atoms with Crippen molar-refractivity contribution in [2.24, 2.45) is 0 Å². The molecule has 0 aliphatic rings. The smallest absolute Gasteiger partial charge is 0.337 e. The van der Waals surface area contributed by atoms with Crippen LogP contribution >= 0.6 is 0 Å². The van der Waals surface area contributed by atoms with E-state index in [1.165, 1.54) is 14.2 Å². The number of aliphatic hydroxyl groups excluding tert-OH is 1. The summed E-state index contributed by atoms with van der Waals surface area (Å²) in [6, 6.07) is 17.0. The lowest BCUT2D eigenvalue weighted by atomic mass is 10.1. The van der Waals surface area contributed by atoms with Gasteiger partial charge in [0.15, 0.2) is 0 Å². The Bertz CT molecular complexity index is 761. The molecule has 0 saturated carbocycles. The second-order valence-corrected chi connectivity index (χ2v) is 6.86. The van der Waals surface area contributed by atoms with Gasteiger partial charge >= 0.3 is 11.9 Å². The van der Waals surface area contributed by atoms with Gasteiger partial charge in [0.25, 0.3) is 0 Å². The lowest BCUT2D eigenvalue weighted by Gasteiger charge is -2.28. The van der Waals surface area contributed by atoms with Crippen LogP contribution in [0.15, 0.2) is 54.6 Å². The van der Waals surface area contributed by atoms with Crippen LogP contribution in [-0.2, 0) is 27.2 Å². The molecule has 0 fully saturated rings. The molecular formula is C23H29NO5. The maximum absolute atomic E-state index is 11.6.